The average Bonchev–Trinajstić information content (AvgIpc) is 2.50. The van der Waals surface area contributed by atoms with Gasteiger partial charge in [0.25, 0.3) is 0 Å². The predicted molar refractivity (Wildman–Crippen MR) is 44.1 cm³/mol. The smallest absolute Gasteiger partial charge is 0.137 e. The number of hydrogen-bond acceptors (Lipinski definition) is 2. The van der Waals surface area contributed by atoms with Gasteiger partial charge in [-0.15, -0.1) is 0 Å². The number of unbranched alkanes of at least 4 members (excludes halogenated alkanes) is 1. The van der Waals surface area contributed by atoms with Crippen LogP contribution >= 0.6 is 0 Å². The molecule has 0 radical (unpaired) electrons. The van der Waals surface area contributed by atoms with Crippen molar-refractivity contribution in [2.24, 2.45) is 0 Å². The van der Waals surface area contributed by atoms with Crippen LogP contribution in [0.4, 0.5) is 0 Å². The topological polar surface area (TPSA) is 30.7 Å². The van der Waals surface area contributed by atoms with E-state index in [2.05, 4.69) is 29.2 Å². The fourth-order valence-corrected chi connectivity index (χ4v) is 0.794. The maximum atomic E-state index is 3.97. The zero-order valence-corrected chi connectivity index (χ0v) is 6.77. The van der Waals surface area contributed by atoms with Crippen molar-refractivity contribution >= 4 is 0 Å². The van der Waals surface area contributed by atoms with E-state index in [0.29, 0.717) is 0 Å². The minimum Gasteiger partial charge on any atom is -0.249 e. The molecule has 1 aromatic rings. The quantitative estimate of drug-likeness (QED) is 0.612. The largest absolute Gasteiger partial charge is 0.249 e. The molecule has 0 saturated heterocycles. The molecular weight excluding hydrogens is 138 g/mol. The molecular formula is C8H13N3. The highest BCUT2D eigenvalue weighted by molar-refractivity contribution is 4.81. The predicted octanol–water partition coefficient (Wildman–Crippen LogP) is 1.63. The molecule has 0 aromatic carbocycles. The number of allylic oxidation sites excluding steroid dienone is 2. The summed E-state index contributed by atoms with van der Waals surface area (Å²) in [6.07, 6.45) is 9.90. The molecule has 1 aromatic heterocycles. The summed E-state index contributed by atoms with van der Waals surface area (Å²) in [6, 6.07) is 0. The first kappa shape index (κ1) is 7.98. The maximum absolute atomic E-state index is 3.97. The summed E-state index contributed by atoms with van der Waals surface area (Å²) in [5, 5.41) is 3.97. The van der Waals surface area contributed by atoms with Gasteiger partial charge in [0.2, 0.25) is 0 Å². The van der Waals surface area contributed by atoms with Crippen LogP contribution in [0.25, 0.3) is 0 Å². The minimum atomic E-state index is 0.833. The first-order chi connectivity index (χ1) is 5.43. The average molecular weight is 151 g/mol. The highest BCUT2D eigenvalue weighted by Crippen LogP contribution is 1.89. The van der Waals surface area contributed by atoms with Crippen molar-refractivity contribution in [1.29, 1.82) is 0 Å². The Morgan fingerprint density at radius 1 is 1.45 bits per heavy atom. The summed E-state index contributed by atoms with van der Waals surface area (Å²) in [5.74, 6) is 0. The lowest BCUT2D eigenvalue weighted by Gasteiger charge is -1.91. The molecule has 0 saturated carbocycles. The van der Waals surface area contributed by atoms with Crippen LogP contribution in [-0.2, 0) is 6.54 Å². The number of hydrogen-bond donors (Lipinski definition) is 0. The third-order valence-corrected chi connectivity index (χ3v) is 1.38. The van der Waals surface area contributed by atoms with E-state index in [4.69, 9.17) is 0 Å². The van der Waals surface area contributed by atoms with Gasteiger partial charge in [0, 0.05) is 0 Å². The SMILES string of the molecule is CCCC=CCn1cncn1. The van der Waals surface area contributed by atoms with E-state index in [9.17, 15) is 0 Å². The Hall–Kier alpha value is -1.12. The normalized spacial score (nSPS) is 11.0. The van der Waals surface area contributed by atoms with E-state index in [-0.39, 0.29) is 0 Å². The molecule has 0 aliphatic carbocycles. The maximum Gasteiger partial charge on any atom is 0.137 e. The molecule has 0 N–H and O–H groups in total. The summed E-state index contributed by atoms with van der Waals surface area (Å²) in [7, 11) is 0. The van der Waals surface area contributed by atoms with Gasteiger partial charge in [-0.3, -0.25) is 0 Å². The highest BCUT2D eigenvalue weighted by atomic mass is 15.3. The first-order valence-electron chi connectivity index (χ1n) is 3.91. The van der Waals surface area contributed by atoms with E-state index < -0.39 is 0 Å². The van der Waals surface area contributed by atoms with E-state index in [1.807, 2.05) is 0 Å². The third-order valence-electron chi connectivity index (χ3n) is 1.38. The summed E-state index contributed by atoms with van der Waals surface area (Å²) in [4.78, 5) is 3.84. The molecule has 0 unspecified atom stereocenters. The second-order valence-corrected chi connectivity index (χ2v) is 2.38. The Bertz CT molecular complexity index is 201. The van der Waals surface area contributed by atoms with Crippen LogP contribution in [0.5, 0.6) is 0 Å². The van der Waals surface area contributed by atoms with Crippen LogP contribution < -0.4 is 0 Å². The summed E-state index contributed by atoms with van der Waals surface area (Å²) in [6.45, 7) is 3.00. The van der Waals surface area contributed by atoms with Crippen LogP contribution in [-0.4, -0.2) is 14.8 Å². The van der Waals surface area contributed by atoms with Gasteiger partial charge in [0.1, 0.15) is 12.7 Å². The van der Waals surface area contributed by atoms with Crippen LogP contribution in [0, 0.1) is 0 Å². The Morgan fingerprint density at radius 3 is 3.00 bits per heavy atom. The van der Waals surface area contributed by atoms with Gasteiger partial charge in [-0.2, -0.15) is 5.10 Å². The zero-order chi connectivity index (χ0) is 7.94. The number of aromatic nitrogens is 3. The molecule has 0 bridgehead atoms. The van der Waals surface area contributed by atoms with Crippen molar-refractivity contribution in [2.75, 3.05) is 0 Å². The molecule has 0 atom stereocenters. The second-order valence-electron chi connectivity index (χ2n) is 2.38. The molecule has 11 heavy (non-hydrogen) atoms. The van der Waals surface area contributed by atoms with Crippen molar-refractivity contribution in [3.8, 4) is 0 Å². The Morgan fingerprint density at radius 2 is 2.36 bits per heavy atom. The minimum absolute atomic E-state index is 0.833. The lowest BCUT2D eigenvalue weighted by atomic mass is 10.3. The Labute approximate surface area is 66.8 Å². The lowest BCUT2D eigenvalue weighted by molar-refractivity contribution is 0.697. The van der Waals surface area contributed by atoms with Gasteiger partial charge in [-0.1, -0.05) is 25.5 Å². The van der Waals surface area contributed by atoms with Crippen molar-refractivity contribution < 1.29 is 0 Å². The van der Waals surface area contributed by atoms with Gasteiger partial charge in [-0.25, -0.2) is 9.67 Å². The van der Waals surface area contributed by atoms with E-state index in [0.717, 1.165) is 13.0 Å². The zero-order valence-electron chi connectivity index (χ0n) is 6.77. The monoisotopic (exact) mass is 151 g/mol. The molecule has 0 aliphatic heterocycles. The van der Waals surface area contributed by atoms with Crippen molar-refractivity contribution in [2.45, 2.75) is 26.3 Å². The number of rotatable bonds is 4. The van der Waals surface area contributed by atoms with E-state index in [1.165, 1.54) is 6.42 Å². The van der Waals surface area contributed by atoms with Gasteiger partial charge in [0.15, 0.2) is 0 Å². The van der Waals surface area contributed by atoms with Crippen LogP contribution in [0.2, 0.25) is 0 Å². The standard InChI is InChI=1S/C8H13N3/c1-2-3-4-5-6-11-8-9-7-10-11/h4-5,7-8H,2-3,6H2,1H3. The van der Waals surface area contributed by atoms with Crippen LogP contribution in [0.1, 0.15) is 19.8 Å². The summed E-state index contributed by atoms with van der Waals surface area (Å²) in [5.41, 5.74) is 0. The van der Waals surface area contributed by atoms with Gasteiger partial charge in [-0.05, 0) is 6.42 Å². The molecule has 3 heteroatoms. The van der Waals surface area contributed by atoms with Crippen LogP contribution in [0.15, 0.2) is 24.8 Å². The molecule has 60 valence electrons. The van der Waals surface area contributed by atoms with Crippen molar-refractivity contribution in [3.63, 3.8) is 0 Å². The molecule has 0 fully saturated rings. The first-order valence-corrected chi connectivity index (χ1v) is 3.91. The molecule has 1 heterocycles. The fourth-order valence-electron chi connectivity index (χ4n) is 0.794. The summed E-state index contributed by atoms with van der Waals surface area (Å²) < 4.78 is 1.80. The molecule has 0 aliphatic rings. The molecule has 1 rings (SSSR count). The Balaban J connectivity index is 2.23. The third kappa shape index (κ3) is 2.98. The van der Waals surface area contributed by atoms with Crippen molar-refractivity contribution in [3.05, 3.63) is 24.8 Å². The molecule has 0 amide bonds. The van der Waals surface area contributed by atoms with Crippen molar-refractivity contribution in [1.82, 2.24) is 14.8 Å². The second kappa shape index (κ2) is 4.66. The summed E-state index contributed by atoms with van der Waals surface area (Å²) >= 11 is 0. The highest BCUT2D eigenvalue weighted by Gasteiger charge is 1.83. The number of nitrogens with zero attached hydrogens (tertiary/aromatic N) is 3. The van der Waals surface area contributed by atoms with E-state index in [1.54, 1.807) is 17.3 Å². The fraction of sp³-hybridized carbons (Fsp3) is 0.500. The van der Waals surface area contributed by atoms with Crippen LogP contribution in [0.3, 0.4) is 0 Å². The van der Waals surface area contributed by atoms with Gasteiger partial charge in [0.05, 0.1) is 6.54 Å². The molecule has 3 nitrogen and oxygen atoms in total. The molecule has 0 spiro atoms. The Kier molecular flexibility index (Phi) is 3.38. The van der Waals surface area contributed by atoms with E-state index >= 15 is 0 Å². The van der Waals surface area contributed by atoms with Gasteiger partial charge >= 0.3 is 0 Å². The van der Waals surface area contributed by atoms with Gasteiger partial charge < -0.3 is 0 Å². The lowest BCUT2D eigenvalue weighted by Crippen LogP contribution is -1.94.